The Bertz CT molecular complexity index is 2880. The highest BCUT2D eigenvalue weighted by Gasteiger charge is 2.57. The molecule has 0 spiro atoms. The fraction of sp³-hybridized carbons (Fsp3) is 0.397. The average Bonchev–Trinajstić information content (AvgIpc) is 3.69. The summed E-state index contributed by atoms with van der Waals surface area (Å²) in [5, 5.41) is 23.8. The Hall–Kier alpha value is -5.63. The van der Waals surface area contributed by atoms with Crippen LogP contribution in [0.15, 0.2) is 195 Å². The molecule has 3 fully saturated rings. The Morgan fingerprint density at radius 1 is 0.427 bits per heavy atom. The summed E-state index contributed by atoms with van der Waals surface area (Å²) >= 11 is 0. The summed E-state index contributed by atoms with van der Waals surface area (Å²) in [6, 6.07) is 57.2. The molecule has 0 saturated carbocycles. The largest absolute Gasteiger partial charge is 0.397 e. The van der Waals surface area contributed by atoms with Gasteiger partial charge in [-0.05, 0) is 40.3 Å². The number of hydrogen-bond acceptors (Lipinski definition) is 17. The third-order valence-corrected chi connectivity index (χ3v) is 14.5. The Morgan fingerprint density at radius 2 is 0.805 bits per heavy atom. The summed E-state index contributed by atoms with van der Waals surface area (Å²) in [6.45, 7) is 5.93. The summed E-state index contributed by atoms with van der Waals surface area (Å²) in [4.78, 5) is 0. The van der Waals surface area contributed by atoms with Gasteiger partial charge < -0.3 is 67.1 Å². The second kappa shape index (κ2) is 30.8. The minimum absolute atomic E-state index is 0.0165. The highest BCUT2D eigenvalue weighted by atomic mass is 32.3. The Kier molecular flexibility index (Phi) is 22.9. The first kappa shape index (κ1) is 60.9. The Labute approximate surface area is 479 Å². The lowest BCUT2D eigenvalue weighted by molar-refractivity contribution is -0.393. The zero-order valence-electron chi connectivity index (χ0n) is 45.5. The van der Waals surface area contributed by atoms with Crippen LogP contribution in [0.5, 0.6) is 0 Å². The van der Waals surface area contributed by atoms with Gasteiger partial charge in [-0.15, -0.1) is 6.58 Å². The second-order valence-electron chi connectivity index (χ2n) is 20.1. The summed E-state index contributed by atoms with van der Waals surface area (Å²) in [5.41, 5.74) is 5.11. The van der Waals surface area contributed by atoms with Gasteiger partial charge >= 0.3 is 10.4 Å². The smallest absolute Gasteiger partial charge is 0.387 e. The molecule has 438 valence electrons. The van der Waals surface area contributed by atoms with E-state index in [4.69, 9.17) is 61.0 Å². The summed E-state index contributed by atoms with van der Waals surface area (Å²) in [6.07, 6.45) is -18.7. The van der Waals surface area contributed by atoms with Crippen molar-refractivity contribution in [3.63, 3.8) is 0 Å². The van der Waals surface area contributed by atoms with Gasteiger partial charge in [0.2, 0.25) is 0 Å². The first-order chi connectivity index (χ1) is 40.0. The topological polar surface area (TPSA) is 215 Å². The number of rotatable bonds is 29. The minimum atomic E-state index is -5.30. The molecule has 3 aliphatic heterocycles. The molecular weight excluding hydrogens is 1080 g/mol. The molecule has 0 bridgehead atoms. The zero-order chi connectivity index (χ0) is 57.1. The molecule has 3 saturated heterocycles. The van der Waals surface area contributed by atoms with Crippen molar-refractivity contribution in [2.45, 2.75) is 139 Å². The van der Waals surface area contributed by atoms with Crippen molar-refractivity contribution in [3.8, 4) is 0 Å². The standard InChI is InChI=1S/C63H72O18S/c1-3-34-71-62-60(75-40-49-32-20-9-21-33-49)58(80-61-53(65)56(81-82(66,67)68)52(64)50(77-61)41-69-35-44-22-10-4-11-23-44)55(51(78-62)42-70-36-45-24-12-5-13-25-45)79-63-59(74-39-48-30-18-8-19-31-48)57(73-38-47-28-16-7-17-29-47)54(43(2)76-63)72-37-46-26-14-6-15-27-46/h3-33,43,50-65H,1,34-42H2,2H3,(H,66,67,68)/t43-,50+,51+,52-,53+,54+,55+,56-,57+,58-,59-,60+,61-,62+,63-/m0/s1. The highest BCUT2D eigenvalue weighted by molar-refractivity contribution is 7.80. The van der Waals surface area contributed by atoms with E-state index in [0.717, 1.165) is 33.4 Å². The van der Waals surface area contributed by atoms with E-state index in [-0.39, 0.29) is 59.5 Å². The molecule has 3 heterocycles. The lowest BCUT2D eigenvalue weighted by Crippen LogP contribution is -2.68. The quantitative estimate of drug-likeness (QED) is 0.0301. The Morgan fingerprint density at radius 3 is 1.24 bits per heavy atom. The number of ether oxygens (including phenoxy) is 12. The van der Waals surface area contributed by atoms with Crippen LogP contribution in [0.2, 0.25) is 0 Å². The van der Waals surface area contributed by atoms with Gasteiger partial charge in [-0.1, -0.05) is 188 Å². The third kappa shape index (κ3) is 17.5. The molecule has 9 rings (SSSR count). The van der Waals surface area contributed by atoms with Gasteiger partial charge in [0, 0.05) is 0 Å². The minimum Gasteiger partial charge on any atom is -0.387 e. The number of hydrogen-bond donors (Lipinski definition) is 3. The fourth-order valence-corrected chi connectivity index (χ4v) is 10.5. The molecule has 3 aliphatic rings. The van der Waals surface area contributed by atoms with E-state index in [1.54, 1.807) is 6.08 Å². The average molecular weight is 1150 g/mol. The molecule has 6 aromatic rings. The molecule has 15 atom stereocenters. The molecule has 18 nitrogen and oxygen atoms in total. The molecule has 6 aromatic carbocycles. The molecule has 0 amide bonds. The molecular formula is C63H72O18S. The van der Waals surface area contributed by atoms with Gasteiger partial charge in [-0.3, -0.25) is 4.55 Å². The SMILES string of the molecule is C=CCO[C@@H]1O[C@H](COCc2ccccc2)[C@@H](O[C@@H]2O[C@@H](C)[C@@H](OCc3ccccc3)[C@@H](OCc3ccccc3)[C@@H]2OCc2ccccc2)[C@H](O[C@@H]2O[C@H](COCc3ccccc3)[C@H](O)[C@H](OS(=O)(=O)O)[C@H]2O)[C@H]1OCc1ccccc1. The molecule has 0 unspecified atom stereocenters. The highest BCUT2D eigenvalue weighted by Crippen LogP contribution is 2.38. The summed E-state index contributed by atoms with van der Waals surface area (Å²) in [5.74, 6) is 0. The van der Waals surface area contributed by atoms with Crippen LogP contribution in [0.3, 0.4) is 0 Å². The van der Waals surface area contributed by atoms with Crippen molar-refractivity contribution >= 4 is 10.4 Å². The van der Waals surface area contributed by atoms with E-state index in [2.05, 4.69) is 6.58 Å². The van der Waals surface area contributed by atoms with Crippen molar-refractivity contribution in [1.29, 1.82) is 0 Å². The van der Waals surface area contributed by atoms with Crippen LogP contribution in [-0.2, 0) is 111 Å². The predicted molar refractivity (Wildman–Crippen MR) is 298 cm³/mol. The van der Waals surface area contributed by atoms with Crippen molar-refractivity contribution in [2.24, 2.45) is 0 Å². The lowest BCUT2D eigenvalue weighted by atomic mass is 9.95. The zero-order valence-corrected chi connectivity index (χ0v) is 46.3. The van der Waals surface area contributed by atoms with E-state index in [0.29, 0.717) is 0 Å². The number of aliphatic hydroxyl groups excluding tert-OH is 2. The van der Waals surface area contributed by atoms with Gasteiger partial charge in [0.15, 0.2) is 18.9 Å². The predicted octanol–water partition coefficient (Wildman–Crippen LogP) is 7.84. The van der Waals surface area contributed by atoms with E-state index >= 15 is 0 Å². The first-order valence-corrected chi connectivity index (χ1v) is 28.7. The van der Waals surface area contributed by atoms with Crippen molar-refractivity contribution in [2.75, 3.05) is 19.8 Å². The van der Waals surface area contributed by atoms with Crippen LogP contribution in [0.1, 0.15) is 40.3 Å². The maximum Gasteiger partial charge on any atom is 0.397 e. The van der Waals surface area contributed by atoms with E-state index in [9.17, 15) is 23.2 Å². The van der Waals surface area contributed by atoms with Crippen LogP contribution in [-0.4, -0.2) is 135 Å². The normalized spacial score (nSPS) is 28.6. The van der Waals surface area contributed by atoms with Crippen LogP contribution in [0.4, 0.5) is 0 Å². The van der Waals surface area contributed by atoms with Crippen LogP contribution >= 0.6 is 0 Å². The fourth-order valence-electron chi connectivity index (χ4n) is 10.0. The van der Waals surface area contributed by atoms with Crippen molar-refractivity contribution < 1.29 is 84.2 Å². The van der Waals surface area contributed by atoms with Crippen LogP contribution in [0, 0.1) is 0 Å². The van der Waals surface area contributed by atoms with E-state index < -0.39 is 103 Å². The van der Waals surface area contributed by atoms with Crippen LogP contribution in [0.25, 0.3) is 0 Å². The molecule has 0 aromatic heterocycles. The summed E-state index contributed by atoms with van der Waals surface area (Å²) in [7, 11) is -5.30. The van der Waals surface area contributed by atoms with Gasteiger partial charge in [0.25, 0.3) is 0 Å². The van der Waals surface area contributed by atoms with Gasteiger partial charge in [-0.25, -0.2) is 4.18 Å². The first-order valence-electron chi connectivity index (χ1n) is 27.4. The second-order valence-corrected chi connectivity index (χ2v) is 21.2. The van der Waals surface area contributed by atoms with Gasteiger partial charge in [0.05, 0.1) is 65.6 Å². The lowest BCUT2D eigenvalue weighted by Gasteiger charge is -2.51. The van der Waals surface area contributed by atoms with Crippen LogP contribution < -0.4 is 0 Å². The molecule has 19 heteroatoms. The summed E-state index contributed by atoms with van der Waals surface area (Å²) < 4.78 is 121. The third-order valence-electron chi connectivity index (χ3n) is 14.1. The van der Waals surface area contributed by atoms with Gasteiger partial charge in [0.1, 0.15) is 67.1 Å². The molecule has 0 aliphatic carbocycles. The monoisotopic (exact) mass is 1150 g/mol. The number of aliphatic hydroxyl groups is 2. The maximum absolute atomic E-state index is 12.5. The van der Waals surface area contributed by atoms with E-state index in [1.807, 2.05) is 189 Å². The van der Waals surface area contributed by atoms with Gasteiger partial charge in [-0.2, -0.15) is 8.42 Å². The van der Waals surface area contributed by atoms with Crippen molar-refractivity contribution in [3.05, 3.63) is 228 Å². The molecule has 3 N–H and O–H groups in total. The molecule has 82 heavy (non-hydrogen) atoms. The van der Waals surface area contributed by atoms with E-state index in [1.165, 1.54) is 0 Å². The maximum atomic E-state index is 12.5. The Balaban J connectivity index is 1.12. The molecule has 0 radical (unpaired) electrons. The number of benzene rings is 6. The van der Waals surface area contributed by atoms with Crippen molar-refractivity contribution in [1.82, 2.24) is 0 Å².